The maximum absolute atomic E-state index is 13.5. The minimum absolute atomic E-state index is 0.00680. The number of hydrogen-bond acceptors (Lipinski definition) is 3. The molecule has 3 heterocycles. The molecular formula is C28H26N2OS. The Bertz CT molecular complexity index is 1220. The lowest BCUT2D eigenvalue weighted by atomic mass is 9.96. The first-order valence-electron chi connectivity index (χ1n) is 11.2. The third-order valence-electron chi connectivity index (χ3n) is 6.04. The molecule has 0 spiro atoms. The van der Waals surface area contributed by atoms with Crippen LogP contribution in [-0.2, 0) is 24.1 Å². The smallest absolute Gasteiger partial charge is 0.267 e. The van der Waals surface area contributed by atoms with E-state index >= 15 is 0 Å². The summed E-state index contributed by atoms with van der Waals surface area (Å²) in [6.07, 6.45) is 6.24. The number of carbonyl (C=O) groups excluding carboxylic acids is 1. The maximum Gasteiger partial charge on any atom is 0.278 e. The molecule has 32 heavy (non-hydrogen) atoms. The van der Waals surface area contributed by atoms with E-state index in [1.807, 2.05) is 18.3 Å². The summed E-state index contributed by atoms with van der Waals surface area (Å²) >= 11 is 1.78. The standard InChI is InChI=1S/C28H26N2OS/c1-2-24-15-16-25(32-24)18-26-28(31)30-19-23(21-11-7-4-8-12-21)14-13-22(27(30)29-26)17-20-9-5-3-6-10-20/h3-12,15-16,19H,2,13-14,17-18H2,1H3. The number of aliphatic imine (C=N–C) groups is 1. The summed E-state index contributed by atoms with van der Waals surface area (Å²) in [5.41, 5.74) is 5.46. The molecule has 160 valence electrons. The first-order chi connectivity index (χ1) is 15.7. The van der Waals surface area contributed by atoms with Crippen LogP contribution in [0.2, 0.25) is 0 Å². The lowest BCUT2D eigenvalue weighted by Crippen LogP contribution is -2.26. The van der Waals surface area contributed by atoms with Gasteiger partial charge in [0.05, 0.1) is 0 Å². The number of fused-ring (bicyclic) bond motifs is 1. The second-order valence-corrected chi connectivity index (χ2v) is 9.49. The van der Waals surface area contributed by atoms with Crippen LogP contribution in [0.1, 0.15) is 40.6 Å². The van der Waals surface area contributed by atoms with E-state index in [4.69, 9.17) is 4.99 Å². The molecule has 5 rings (SSSR count). The first kappa shape index (κ1) is 20.7. The average Bonchev–Trinajstić information content (AvgIpc) is 3.36. The summed E-state index contributed by atoms with van der Waals surface area (Å²) in [5.74, 6) is 0.833. The van der Waals surface area contributed by atoms with E-state index in [-0.39, 0.29) is 5.91 Å². The molecule has 0 saturated carbocycles. The van der Waals surface area contributed by atoms with E-state index in [1.54, 1.807) is 16.2 Å². The summed E-state index contributed by atoms with van der Waals surface area (Å²) < 4.78 is 0. The van der Waals surface area contributed by atoms with Crippen molar-refractivity contribution in [3.8, 4) is 0 Å². The number of aryl methyl sites for hydroxylation is 1. The Morgan fingerprint density at radius 2 is 1.59 bits per heavy atom. The molecule has 0 aliphatic carbocycles. The Morgan fingerprint density at radius 3 is 2.31 bits per heavy atom. The van der Waals surface area contributed by atoms with E-state index in [0.717, 1.165) is 31.5 Å². The number of thiophene rings is 1. The van der Waals surface area contributed by atoms with Crippen molar-refractivity contribution in [2.24, 2.45) is 4.99 Å². The van der Waals surface area contributed by atoms with Gasteiger partial charge in [-0.25, -0.2) is 4.99 Å². The number of carbonyl (C=O) groups is 1. The SMILES string of the molecule is CCc1ccc(CC2=NC3=C(Cc4ccccc4)CCC(c4ccccc4)=CN3C2=O)s1. The summed E-state index contributed by atoms with van der Waals surface area (Å²) in [6, 6.07) is 25.1. The highest BCUT2D eigenvalue weighted by atomic mass is 32.1. The third kappa shape index (κ3) is 4.23. The zero-order chi connectivity index (χ0) is 21.9. The van der Waals surface area contributed by atoms with E-state index in [9.17, 15) is 4.79 Å². The van der Waals surface area contributed by atoms with Crippen LogP contribution in [-0.4, -0.2) is 16.5 Å². The Morgan fingerprint density at radius 1 is 0.875 bits per heavy atom. The lowest BCUT2D eigenvalue weighted by Gasteiger charge is -2.14. The fraction of sp³-hybridized carbons (Fsp3) is 0.214. The molecule has 0 bridgehead atoms. The largest absolute Gasteiger partial charge is 0.278 e. The van der Waals surface area contributed by atoms with Crippen LogP contribution < -0.4 is 0 Å². The predicted octanol–water partition coefficient (Wildman–Crippen LogP) is 6.43. The van der Waals surface area contributed by atoms with Crippen LogP contribution in [0.15, 0.2) is 95.4 Å². The average molecular weight is 439 g/mol. The predicted molar refractivity (Wildman–Crippen MR) is 133 cm³/mol. The normalized spacial score (nSPS) is 16.0. The highest BCUT2D eigenvalue weighted by Gasteiger charge is 2.33. The van der Waals surface area contributed by atoms with Gasteiger partial charge in [-0.15, -0.1) is 11.3 Å². The van der Waals surface area contributed by atoms with Crippen molar-refractivity contribution >= 4 is 28.5 Å². The van der Waals surface area contributed by atoms with Gasteiger partial charge in [0.1, 0.15) is 11.5 Å². The molecule has 2 aliphatic heterocycles. The van der Waals surface area contributed by atoms with Crippen LogP contribution in [0.4, 0.5) is 0 Å². The van der Waals surface area contributed by atoms with E-state index < -0.39 is 0 Å². The van der Waals surface area contributed by atoms with Crippen molar-refractivity contribution in [3.05, 3.63) is 111 Å². The Balaban J connectivity index is 1.51. The van der Waals surface area contributed by atoms with Crippen molar-refractivity contribution < 1.29 is 4.79 Å². The molecule has 2 aliphatic rings. The quantitative estimate of drug-likeness (QED) is 0.437. The second-order valence-electron chi connectivity index (χ2n) is 8.24. The van der Waals surface area contributed by atoms with Gasteiger partial charge in [0.25, 0.3) is 5.91 Å². The van der Waals surface area contributed by atoms with Gasteiger partial charge in [0.15, 0.2) is 0 Å². The van der Waals surface area contributed by atoms with Gasteiger partial charge in [-0.1, -0.05) is 67.6 Å². The number of rotatable bonds is 6. The highest BCUT2D eigenvalue weighted by molar-refractivity contribution is 7.12. The van der Waals surface area contributed by atoms with E-state index in [2.05, 4.69) is 67.6 Å². The Labute approximate surface area is 193 Å². The van der Waals surface area contributed by atoms with Crippen LogP contribution in [0, 0.1) is 0 Å². The zero-order valence-electron chi connectivity index (χ0n) is 18.3. The second kappa shape index (κ2) is 9.09. The molecule has 4 heteroatoms. The van der Waals surface area contributed by atoms with Gasteiger partial charge in [-0.2, -0.15) is 0 Å². The molecule has 1 aromatic heterocycles. The minimum atomic E-state index is 0.00680. The molecule has 0 radical (unpaired) electrons. The van der Waals surface area contributed by atoms with Crippen LogP contribution in [0.5, 0.6) is 0 Å². The number of amides is 1. The first-order valence-corrected chi connectivity index (χ1v) is 12.0. The summed E-state index contributed by atoms with van der Waals surface area (Å²) in [4.78, 5) is 22.7. The van der Waals surface area contributed by atoms with Gasteiger partial charge in [-0.05, 0) is 60.1 Å². The van der Waals surface area contributed by atoms with E-state index in [1.165, 1.54) is 32.0 Å². The molecule has 1 amide bonds. The highest BCUT2D eigenvalue weighted by Crippen LogP contribution is 2.35. The van der Waals surface area contributed by atoms with Crippen molar-refractivity contribution in [3.63, 3.8) is 0 Å². The van der Waals surface area contributed by atoms with Gasteiger partial charge in [0, 0.05) is 22.4 Å². The Hall–Kier alpha value is -3.24. The van der Waals surface area contributed by atoms with Crippen LogP contribution in [0.25, 0.3) is 5.57 Å². The van der Waals surface area contributed by atoms with Gasteiger partial charge >= 0.3 is 0 Å². The Kier molecular flexibility index (Phi) is 5.87. The minimum Gasteiger partial charge on any atom is -0.267 e. The lowest BCUT2D eigenvalue weighted by molar-refractivity contribution is -0.119. The summed E-state index contributed by atoms with van der Waals surface area (Å²) in [5, 5.41) is 0. The third-order valence-corrected chi connectivity index (χ3v) is 7.27. The van der Waals surface area contributed by atoms with Gasteiger partial charge in [0.2, 0.25) is 0 Å². The monoisotopic (exact) mass is 438 g/mol. The molecule has 0 saturated heterocycles. The van der Waals surface area contributed by atoms with Gasteiger partial charge in [-0.3, -0.25) is 9.69 Å². The van der Waals surface area contributed by atoms with Gasteiger partial charge < -0.3 is 0 Å². The summed E-state index contributed by atoms with van der Waals surface area (Å²) in [7, 11) is 0. The van der Waals surface area contributed by atoms with Crippen molar-refractivity contribution in [1.29, 1.82) is 0 Å². The van der Waals surface area contributed by atoms with Crippen molar-refractivity contribution in [1.82, 2.24) is 4.90 Å². The van der Waals surface area contributed by atoms with E-state index in [0.29, 0.717) is 12.1 Å². The van der Waals surface area contributed by atoms with Crippen molar-refractivity contribution in [2.45, 2.75) is 39.0 Å². The van der Waals surface area contributed by atoms with Crippen LogP contribution in [0.3, 0.4) is 0 Å². The molecular weight excluding hydrogens is 412 g/mol. The number of hydrogen-bond donors (Lipinski definition) is 0. The van der Waals surface area contributed by atoms with Crippen molar-refractivity contribution in [2.75, 3.05) is 0 Å². The maximum atomic E-state index is 13.5. The topological polar surface area (TPSA) is 32.7 Å². The molecule has 3 nitrogen and oxygen atoms in total. The molecule has 0 N–H and O–H groups in total. The molecule has 0 atom stereocenters. The number of nitrogens with zero attached hydrogens (tertiary/aromatic N) is 2. The molecule has 0 unspecified atom stereocenters. The number of allylic oxidation sites excluding steroid dienone is 2. The molecule has 0 fully saturated rings. The molecule has 2 aromatic carbocycles. The van der Waals surface area contributed by atoms with Crippen LogP contribution >= 0.6 is 11.3 Å². The molecule has 3 aromatic rings. The number of benzene rings is 2. The fourth-order valence-electron chi connectivity index (χ4n) is 4.32. The zero-order valence-corrected chi connectivity index (χ0v) is 19.1. The summed E-state index contributed by atoms with van der Waals surface area (Å²) in [6.45, 7) is 2.16. The fourth-order valence-corrected chi connectivity index (χ4v) is 5.28.